The number of ether oxygens (including phenoxy) is 1. The molecule has 4 heterocycles. The van der Waals surface area contributed by atoms with Crippen LogP contribution >= 0.6 is 0 Å². The third-order valence-electron chi connectivity index (χ3n) is 5.91. The summed E-state index contributed by atoms with van der Waals surface area (Å²) in [6.45, 7) is 0. The fourth-order valence-corrected chi connectivity index (χ4v) is 3.93. The molecule has 0 bridgehead atoms. The van der Waals surface area contributed by atoms with Crippen LogP contribution in [0, 0.1) is 0 Å². The molecule has 34 heavy (non-hydrogen) atoms. The predicted octanol–water partition coefficient (Wildman–Crippen LogP) is 1.97. The van der Waals surface area contributed by atoms with Gasteiger partial charge in [-0.3, -0.25) is 14.2 Å². The van der Waals surface area contributed by atoms with Crippen molar-refractivity contribution in [2.75, 3.05) is 24.8 Å². The number of rotatable bonds is 7. The summed E-state index contributed by atoms with van der Waals surface area (Å²) in [7, 11) is 3.39. The summed E-state index contributed by atoms with van der Waals surface area (Å²) in [6.07, 6.45) is 6.56. The number of fused-ring (bicyclic) bond motifs is 1. The molecule has 0 radical (unpaired) electrons. The van der Waals surface area contributed by atoms with Gasteiger partial charge in [0.25, 0.3) is 11.5 Å². The van der Waals surface area contributed by atoms with Crippen LogP contribution in [-0.2, 0) is 4.74 Å². The summed E-state index contributed by atoms with van der Waals surface area (Å²) < 4.78 is 8.37. The van der Waals surface area contributed by atoms with Gasteiger partial charge < -0.3 is 20.7 Å². The van der Waals surface area contributed by atoms with E-state index in [4.69, 9.17) is 4.74 Å². The van der Waals surface area contributed by atoms with Crippen LogP contribution in [0.2, 0.25) is 0 Å². The average Bonchev–Trinajstić information content (AvgIpc) is 3.27. The van der Waals surface area contributed by atoms with Crippen LogP contribution in [0.1, 0.15) is 23.2 Å². The number of hydrogen-bond donors (Lipinski definition) is 3. The Morgan fingerprint density at radius 1 is 1.21 bits per heavy atom. The average molecular weight is 460 g/mol. The molecular weight excluding hydrogens is 436 g/mol. The first-order valence-corrected chi connectivity index (χ1v) is 10.9. The summed E-state index contributed by atoms with van der Waals surface area (Å²) in [5, 5.41) is 13.4. The van der Waals surface area contributed by atoms with E-state index in [1.54, 1.807) is 61.4 Å². The molecule has 11 nitrogen and oxygen atoms in total. The highest BCUT2D eigenvalue weighted by molar-refractivity contribution is 6.00. The first kappa shape index (κ1) is 21.6. The topological polar surface area (TPSA) is 127 Å². The first-order chi connectivity index (χ1) is 16.6. The molecule has 0 unspecified atom stereocenters. The molecule has 1 amide bonds. The van der Waals surface area contributed by atoms with E-state index >= 15 is 0 Å². The Labute approximate surface area is 194 Å². The maximum absolute atomic E-state index is 13.1. The van der Waals surface area contributed by atoms with Gasteiger partial charge in [0.1, 0.15) is 28.7 Å². The van der Waals surface area contributed by atoms with Crippen LogP contribution < -0.4 is 21.5 Å². The van der Waals surface area contributed by atoms with Crippen LogP contribution in [0.4, 0.5) is 17.3 Å². The molecular formula is C23H24N8O3. The fraction of sp³-hybridized carbons (Fsp3) is 0.261. The van der Waals surface area contributed by atoms with Gasteiger partial charge in [-0.25, -0.2) is 9.97 Å². The Kier molecular flexibility index (Phi) is 5.68. The largest absolute Gasteiger partial charge is 0.379 e. The molecule has 174 valence electrons. The molecule has 1 aliphatic rings. The standard InChI is InChI=1S/C23H24N8O3/c1-24-20-12-18(27-16-6-5-11-30(23(16)33)19-7-3-4-10-25-19)29-21-14(13-26-31(20)21)22(32)28-15-8-9-17(15)34-2/h3-7,10-13,15,17,24H,8-9H2,1-2H3,(H,27,29)(H,28,32)/t15-,17-/m0/s1. The van der Waals surface area contributed by atoms with Crippen molar-refractivity contribution in [2.45, 2.75) is 25.0 Å². The van der Waals surface area contributed by atoms with E-state index in [1.165, 1.54) is 10.8 Å². The number of hydrogen-bond acceptors (Lipinski definition) is 8. The number of nitrogens with one attached hydrogen (secondary N) is 3. The summed E-state index contributed by atoms with van der Waals surface area (Å²) in [4.78, 5) is 34.8. The highest BCUT2D eigenvalue weighted by atomic mass is 16.5. The van der Waals surface area contributed by atoms with Crippen molar-refractivity contribution in [1.29, 1.82) is 0 Å². The number of amides is 1. The minimum absolute atomic E-state index is 0.0169. The van der Waals surface area contributed by atoms with Gasteiger partial charge >= 0.3 is 0 Å². The highest BCUT2D eigenvalue weighted by Gasteiger charge is 2.33. The van der Waals surface area contributed by atoms with E-state index in [1.807, 2.05) is 6.07 Å². The summed E-state index contributed by atoms with van der Waals surface area (Å²) in [5.74, 6) is 1.23. The summed E-state index contributed by atoms with van der Waals surface area (Å²) in [6, 6.07) is 10.4. The monoisotopic (exact) mass is 460 g/mol. The van der Waals surface area contributed by atoms with E-state index in [0.29, 0.717) is 34.4 Å². The number of anilines is 3. The Morgan fingerprint density at radius 2 is 2.09 bits per heavy atom. The number of pyridine rings is 2. The van der Waals surface area contributed by atoms with Crippen LogP contribution in [0.3, 0.4) is 0 Å². The molecule has 0 aliphatic heterocycles. The molecule has 5 rings (SSSR count). The van der Waals surface area contributed by atoms with E-state index in [2.05, 4.69) is 31.0 Å². The maximum Gasteiger partial charge on any atom is 0.279 e. The van der Waals surface area contributed by atoms with Gasteiger partial charge in [-0.15, -0.1) is 0 Å². The Hall–Kier alpha value is -4.25. The van der Waals surface area contributed by atoms with Gasteiger partial charge in [-0.05, 0) is 37.1 Å². The van der Waals surface area contributed by atoms with Crippen molar-refractivity contribution in [3.05, 3.63) is 70.9 Å². The molecule has 1 saturated carbocycles. The van der Waals surface area contributed by atoms with Gasteiger partial charge in [0.2, 0.25) is 0 Å². The lowest BCUT2D eigenvalue weighted by Crippen LogP contribution is -2.51. The Balaban J connectivity index is 1.48. The highest BCUT2D eigenvalue weighted by Crippen LogP contribution is 2.24. The van der Waals surface area contributed by atoms with Crippen molar-refractivity contribution in [1.82, 2.24) is 29.5 Å². The maximum atomic E-state index is 13.1. The SMILES string of the molecule is CNc1cc(Nc2cccn(-c3ccccn3)c2=O)nc2c(C(=O)N[C@H]3CC[C@@H]3OC)cnn12. The normalized spacial score (nSPS) is 17.2. The quantitative estimate of drug-likeness (QED) is 0.382. The smallest absolute Gasteiger partial charge is 0.279 e. The molecule has 1 aliphatic carbocycles. The molecule has 2 atom stereocenters. The van der Waals surface area contributed by atoms with E-state index in [-0.39, 0.29) is 23.6 Å². The molecule has 0 spiro atoms. The van der Waals surface area contributed by atoms with Gasteiger partial charge in [0, 0.05) is 32.6 Å². The van der Waals surface area contributed by atoms with Gasteiger partial charge in [0.05, 0.1) is 18.3 Å². The molecule has 0 saturated heterocycles. The second kappa shape index (κ2) is 8.94. The zero-order valence-corrected chi connectivity index (χ0v) is 18.7. The Morgan fingerprint density at radius 3 is 2.79 bits per heavy atom. The lowest BCUT2D eigenvalue weighted by molar-refractivity contribution is 0.00732. The zero-order valence-electron chi connectivity index (χ0n) is 18.7. The lowest BCUT2D eigenvalue weighted by atomic mass is 9.89. The minimum atomic E-state index is -0.282. The summed E-state index contributed by atoms with van der Waals surface area (Å²) >= 11 is 0. The van der Waals surface area contributed by atoms with Crippen molar-refractivity contribution in [3.63, 3.8) is 0 Å². The molecule has 4 aromatic rings. The van der Waals surface area contributed by atoms with E-state index < -0.39 is 0 Å². The van der Waals surface area contributed by atoms with Gasteiger partial charge in [0.15, 0.2) is 5.65 Å². The van der Waals surface area contributed by atoms with Crippen molar-refractivity contribution in [3.8, 4) is 5.82 Å². The number of aromatic nitrogens is 5. The minimum Gasteiger partial charge on any atom is -0.379 e. The third-order valence-corrected chi connectivity index (χ3v) is 5.91. The Bertz CT molecular complexity index is 1400. The van der Waals surface area contributed by atoms with Crippen molar-refractivity contribution < 1.29 is 9.53 Å². The van der Waals surface area contributed by atoms with Crippen LogP contribution in [0.25, 0.3) is 11.5 Å². The molecule has 0 aromatic carbocycles. The van der Waals surface area contributed by atoms with Crippen LogP contribution in [0.5, 0.6) is 0 Å². The second-order valence-corrected chi connectivity index (χ2v) is 7.91. The van der Waals surface area contributed by atoms with Crippen molar-refractivity contribution in [2.24, 2.45) is 0 Å². The van der Waals surface area contributed by atoms with Crippen molar-refractivity contribution >= 4 is 28.9 Å². The lowest BCUT2D eigenvalue weighted by Gasteiger charge is -2.35. The van der Waals surface area contributed by atoms with E-state index in [9.17, 15) is 9.59 Å². The predicted molar refractivity (Wildman–Crippen MR) is 127 cm³/mol. The van der Waals surface area contributed by atoms with E-state index in [0.717, 1.165) is 12.8 Å². The number of carbonyl (C=O) groups is 1. The molecule has 11 heteroatoms. The van der Waals surface area contributed by atoms with Gasteiger partial charge in [-0.2, -0.15) is 9.61 Å². The number of nitrogens with zero attached hydrogens (tertiary/aromatic N) is 5. The van der Waals surface area contributed by atoms with Crippen LogP contribution in [0.15, 0.2) is 59.8 Å². The zero-order chi connectivity index (χ0) is 23.7. The number of methoxy groups -OCH3 is 1. The molecule has 3 N–H and O–H groups in total. The van der Waals surface area contributed by atoms with Gasteiger partial charge in [-0.1, -0.05) is 6.07 Å². The molecule has 4 aromatic heterocycles. The third kappa shape index (κ3) is 3.86. The fourth-order valence-electron chi connectivity index (χ4n) is 3.93. The molecule has 1 fully saturated rings. The second-order valence-electron chi connectivity index (χ2n) is 7.91. The number of carbonyl (C=O) groups excluding carboxylic acids is 1. The summed E-state index contributed by atoms with van der Waals surface area (Å²) in [5.41, 5.74) is 0.730. The first-order valence-electron chi connectivity index (χ1n) is 10.9. The van der Waals surface area contributed by atoms with Crippen LogP contribution in [-0.4, -0.2) is 56.4 Å².